The first kappa shape index (κ1) is 13.4. The molecule has 0 bridgehead atoms. The zero-order chi connectivity index (χ0) is 12.3. The van der Waals surface area contributed by atoms with E-state index in [0.29, 0.717) is 6.04 Å². The summed E-state index contributed by atoms with van der Waals surface area (Å²) >= 11 is 3.97. The van der Waals surface area contributed by atoms with E-state index >= 15 is 0 Å². The van der Waals surface area contributed by atoms with Crippen LogP contribution in [0.4, 0.5) is 0 Å². The summed E-state index contributed by atoms with van der Waals surface area (Å²) in [4.78, 5) is 5.42. The Bertz CT molecular complexity index is 354. The van der Waals surface area contributed by atoms with E-state index in [1.165, 1.54) is 46.3 Å². The first-order chi connectivity index (χ1) is 8.22. The summed E-state index contributed by atoms with van der Waals surface area (Å²) in [5, 5.41) is 0. The van der Waals surface area contributed by atoms with Gasteiger partial charge in [0.2, 0.25) is 0 Å². The van der Waals surface area contributed by atoms with Gasteiger partial charge in [-0.2, -0.15) is 11.8 Å². The minimum absolute atomic E-state index is 0.429. The molecular weight excluding hydrogens is 248 g/mol. The Labute approximate surface area is 113 Å². The van der Waals surface area contributed by atoms with E-state index in [4.69, 9.17) is 5.73 Å². The molecule has 2 N–H and O–H groups in total. The van der Waals surface area contributed by atoms with Crippen LogP contribution in [-0.2, 0) is 0 Å². The van der Waals surface area contributed by atoms with Crippen LogP contribution in [0.2, 0.25) is 0 Å². The van der Waals surface area contributed by atoms with Crippen LogP contribution in [0.3, 0.4) is 0 Å². The highest BCUT2D eigenvalue weighted by Crippen LogP contribution is 2.30. The third-order valence-corrected chi connectivity index (χ3v) is 5.39. The van der Waals surface area contributed by atoms with Crippen molar-refractivity contribution >= 4 is 23.1 Å². The number of hydrogen-bond acceptors (Lipinski definition) is 4. The van der Waals surface area contributed by atoms with Crippen LogP contribution in [0.15, 0.2) is 6.07 Å². The maximum Gasteiger partial charge on any atom is 0.0481 e. The molecule has 0 amide bonds. The fraction of sp³-hybridized carbons (Fsp3) is 0.692. The highest BCUT2D eigenvalue weighted by molar-refractivity contribution is 7.99. The SMILES string of the molecule is Cc1cc(C(CN)N2CCCSCC2)c(C)s1. The monoisotopic (exact) mass is 270 g/mol. The highest BCUT2D eigenvalue weighted by atomic mass is 32.2. The van der Waals surface area contributed by atoms with Crippen LogP contribution < -0.4 is 5.73 Å². The smallest absolute Gasteiger partial charge is 0.0481 e. The Morgan fingerprint density at radius 1 is 1.35 bits per heavy atom. The predicted octanol–water partition coefficient (Wildman–Crippen LogP) is 2.80. The predicted molar refractivity (Wildman–Crippen MR) is 79.1 cm³/mol. The topological polar surface area (TPSA) is 29.3 Å². The van der Waals surface area contributed by atoms with Crippen molar-refractivity contribution in [2.75, 3.05) is 31.1 Å². The molecule has 2 nitrogen and oxygen atoms in total. The van der Waals surface area contributed by atoms with Crippen LogP contribution in [-0.4, -0.2) is 36.0 Å². The molecule has 1 unspecified atom stereocenters. The van der Waals surface area contributed by atoms with Crippen molar-refractivity contribution in [3.8, 4) is 0 Å². The van der Waals surface area contributed by atoms with Crippen molar-refractivity contribution in [1.29, 1.82) is 0 Å². The minimum atomic E-state index is 0.429. The van der Waals surface area contributed by atoms with Crippen molar-refractivity contribution in [2.24, 2.45) is 5.73 Å². The number of aryl methyl sites for hydroxylation is 2. The number of thiophene rings is 1. The van der Waals surface area contributed by atoms with E-state index in [0.717, 1.165) is 6.54 Å². The molecule has 0 aliphatic carbocycles. The Hall–Kier alpha value is -0.0300. The van der Waals surface area contributed by atoms with Crippen LogP contribution in [0.1, 0.15) is 27.8 Å². The van der Waals surface area contributed by atoms with Crippen molar-refractivity contribution in [1.82, 2.24) is 4.90 Å². The first-order valence-corrected chi connectivity index (χ1v) is 8.28. The van der Waals surface area contributed by atoms with Crippen molar-refractivity contribution in [3.63, 3.8) is 0 Å². The normalized spacial score (nSPS) is 20.2. The summed E-state index contributed by atoms with van der Waals surface area (Å²) in [5.74, 6) is 2.55. The second kappa shape index (κ2) is 6.23. The van der Waals surface area contributed by atoms with E-state index in [-0.39, 0.29) is 0 Å². The van der Waals surface area contributed by atoms with E-state index < -0.39 is 0 Å². The number of thioether (sulfide) groups is 1. The molecule has 2 rings (SSSR count). The molecule has 17 heavy (non-hydrogen) atoms. The molecule has 1 aromatic rings. The van der Waals surface area contributed by atoms with Gasteiger partial charge in [-0.05, 0) is 44.2 Å². The van der Waals surface area contributed by atoms with Crippen molar-refractivity contribution in [3.05, 3.63) is 21.4 Å². The lowest BCUT2D eigenvalue weighted by Crippen LogP contribution is -2.35. The van der Waals surface area contributed by atoms with Gasteiger partial charge in [0.1, 0.15) is 0 Å². The Balaban J connectivity index is 2.16. The van der Waals surface area contributed by atoms with Gasteiger partial charge in [0, 0.05) is 34.6 Å². The maximum absolute atomic E-state index is 6.02. The molecule has 4 heteroatoms. The molecule has 0 spiro atoms. The lowest BCUT2D eigenvalue weighted by Gasteiger charge is -2.29. The Morgan fingerprint density at radius 2 is 2.18 bits per heavy atom. The fourth-order valence-corrected chi connectivity index (χ4v) is 4.41. The van der Waals surface area contributed by atoms with Gasteiger partial charge in [-0.3, -0.25) is 4.90 Å². The molecule has 1 saturated heterocycles. The standard InChI is InChI=1S/C13H22N2S2/c1-10-8-12(11(2)17-10)13(9-14)15-4-3-6-16-7-5-15/h8,13H,3-7,9,14H2,1-2H3. The zero-order valence-corrected chi connectivity index (χ0v) is 12.4. The van der Waals surface area contributed by atoms with E-state index in [2.05, 4.69) is 36.6 Å². The third kappa shape index (κ3) is 3.25. The molecular formula is C13H22N2S2. The minimum Gasteiger partial charge on any atom is -0.329 e. The zero-order valence-electron chi connectivity index (χ0n) is 10.7. The Kier molecular flexibility index (Phi) is 4.91. The molecule has 1 aliphatic rings. The van der Waals surface area contributed by atoms with Crippen LogP contribution >= 0.6 is 23.1 Å². The molecule has 1 fully saturated rings. The van der Waals surface area contributed by atoms with E-state index in [1.807, 2.05) is 11.3 Å². The van der Waals surface area contributed by atoms with Crippen molar-refractivity contribution < 1.29 is 0 Å². The van der Waals surface area contributed by atoms with Crippen LogP contribution in [0.25, 0.3) is 0 Å². The summed E-state index contributed by atoms with van der Waals surface area (Å²) < 4.78 is 0. The average molecular weight is 270 g/mol. The molecule has 0 radical (unpaired) electrons. The summed E-state index contributed by atoms with van der Waals surface area (Å²) in [5.41, 5.74) is 7.48. The van der Waals surface area contributed by atoms with Crippen LogP contribution in [0.5, 0.6) is 0 Å². The summed E-state index contributed by atoms with van der Waals surface area (Å²) in [7, 11) is 0. The molecule has 0 aromatic carbocycles. The van der Waals surface area contributed by atoms with Gasteiger partial charge in [0.15, 0.2) is 0 Å². The van der Waals surface area contributed by atoms with E-state index in [9.17, 15) is 0 Å². The first-order valence-electron chi connectivity index (χ1n) is 6.31. The lowest BCUT2D eigenvalue weighted by molar-refractivity contribution is 0.218. The van der Waals surface area contributed by atoms with Gasteiger partial charge in [-0.1, -0.05) is 0 Å². The second-order valence-corrected chi connectivity index (χ2v) is 7.31. The molecule has 1 atom stereocenters. The van der Waals surface area contributed by atoms with Gasteiger partial charge in [0.25, 0.3) is 0 Å². The number of rotatable bonds is 3. The Morgan fingerprint density at radius 3 is 2.82 bits per heavy atom. The lowest BCUT2D eigenvalue weighted by atomic mass is 10.1. The largest absolute Gasteiger partial charge is 0.329 e. The second-order valence-electron chi connectivity index (χ2n) is 4.62. The number of hydrogen-bond donors (Lipinski definition) is 1. The number of nitrogens with zero attached hydrogens (tertiary/aromatic N) is 1. The van der Waals surface area contributed by atoms with Crippen LogP contribution in [0, 0.1) is 13.8 Å². The molecule has 1 aromatic heterocycles. The third-order valence-electron chi connectivity index (χ3n) is 3.36. The van der Waals surface area contributed by atoms with Gasteiger partial charge in [0.05, 0.1) is 0 Å². The quantitative estimate of drug-likeness (QED) is 0.916. The highest BCUT2D eigenvalue weighted by Gasteiger charge is 2.22. The molecule has 1 aliphatic heterocycles. The summed E-state index contributed by atoms with van der Waals surface area (Å²) in [6.07, 6.45) is 1.29. The molecule has 96 valence electrons. The van der Waals surface area contributed by atoms with Gasteiger partial charge < -0.3 is 5.73 Å². The van der Waals surface area contributed by atoms with E-state index in [1.54, 1.807) is 0 Å². The maximum atomic E-state index is 6.02. The summed E-state index contributed by atoms with van der Waals surface area (Å²) in [6.45, 7) is 7.53. The van der Waals surface area contributed by atoms with Gasteiger partial charge in [-0.25, -0.2) is 0 Å². The summed E-state index contributed by atoms with van der Waals surface area (Å²) in [6, 6.07) is 2.76. The van der Waals surface area contributed by atoms with Crippen molar-refractivity contribution in [2.45, 2.75) is 26.3 Å². The molecule has 0 saturated carbocycles. The van der Waals surface area contributed by atoms with Gasteiger partial charge >= 0.3 is 0 Å². The fourth-order valence-electron chi connectivity index (χ4n) is 2.53. The molecule has 2 heterocycles. The number of nitrogens with two attached hydrogens (primary N) is 1. The van der Waals surface area contributed by atoms with Gasteiger partial charge in [-0.15, -0.1) is 11.3 Å². The average Bonchev–Trinajstić information content (AvgIpc) is 2.55.